The summed E-state index contributed by atoms with van der Waals surface area (Å²) in [5, 5.41) is 20.9. The maximum Gasteiger partial charge on any atom is 0.338 e. The van der Waals surface area contributed by atoms with Gasteiger partial charge < -0.3 is 39.0 Å². The number of carbonyl (C=O) groups is 4. The number of esters is 1. The van der Waals surface area contributed by atoms with Gasteiger partial charge in [-0.2, -0.15) is 0 Å². The van der Waals surface area contributed by atoms with E-state index >= 15 is 0 Å². The number of benzene rings is 2. The van der Waals surface area contributed by atoms with Gasteiger partial charge in [0.15, 0.2) is 28.4 Å². The molecule has 7 rings (SSSR count). The van der Waals surface area contributed by atoms with Crippen LogP contribution in [0, 0.1) is 0 Å². The van der Waals surface area contributed by atoms with Gasteiger partial charge in [0.2, 0.25) is 4.87 Å². The van der Waals surface area contributed by atoms with E-state index in [1.165, 1.54) is 109 Å². The van der Waals surface area contributed by atoms with Crippen molar-refractivity contribution in [3.8, 4) is 23.0 Å². The number of aldehydes is 1. The molecule has 2 N–H and O–H groups in total. The minimum atomic E-state index is -1.68. The smallest absolute Gasteiger partial charge is 0.338 e. The number of aliphatic hydroxyl groups is 1. The highest BCUT2D eigenvalue weighted by Gasteiger charge is 2.70. The van der Waals surface area contributed by atoms with Gasteiger partial charge in [0, 0.05) is 18.2 Å². The molecule has 4 saturated heterocycles. The highest BCUT2D eigenvalue weighted by atomic mass is 33.7. The third-order valence-corrected chi connectivity index (χ3v) is 14.2. The van der Waals surface area contributed by atoms with Gasteiger partial charge in [-0.15, -0.1) is 0 Å². The second kappa shape index (κ2) is 11.6. The van der Waals surface area contributed by atoms with E-state index < -0.39 is 46.3 Å². The van der Waals surface area contributed by atoms with Crippen LogP contribution in [0.2, 0.25) is 0 Å². The molecule has 2 aromatic carbocycles. The molecular weight excluding hydrogens is 641 g/mol. The second-order valence-corrected chi connectivity index (χ2v) is 15.6. The zero-order chi connectivity index (χ0) is 30.5. The van der Waals surface area contributed by atoms with Crippen molar-refractivity contribution in [1.29, 1.82) is 0 Å². The summed E-state index contributed by atoms with van der Waals surface area (Å²) in [6.45, 7) is 0. The Morgan fingerprint density at radius 1 is 1.12 bits per heavy atom. The van der Waals surface area contributed by atoms with E-state index in [0.717, 1.165) is 10.8 Å². The molecule has 43 heavy (non-hydrogen) atoms. The van der Waals surface area contributed by atoms with Crippen LogP contribution in [0.3, 0.4) is 0 Å². The number of aliphatic hydroxyl groups excluding tert-OH is 1. The lowest BCUT2D eigenvalue weighted by Crippen LogP contribution is -2.71. The molecule has 5 heterocycles. The van der Waals surface area contributed by atoms with E-state index in [0.29, 0.717) is 6.29 Å². The van der Waals surface area contributed by atoms with Crippen molar-refractivity contribution in [3.63, 3.8) is 0 Å². The molecule has 0 saturated carbocycles. The summed E-state index contributed by atoms with van der Waals surface area (Å²) < 4.78 is 22.5. The molecule has 16 heteroatoms. The summed E-state index contributed by atoms with van der Waals surface area (Å²) >= 11 is 0. The van der Waals surface area contributed by atoms with Crippen LogP contribution in [-0.4, -0.2) is 86.7 Å². The Bertz CT molecular complexity index is 1580. The molecule has 2 aromatic rings. The van der Waals surface area contributed by atoms with Crippen molar-refractivity contribution < 1.29 is 48.3 Å². The summed E-state index contributed by atoms with van der Waals surface area (Å²) in [6, 6.07) is 7.27. The predicted octanol–water partition coefficient (Wildman–Crippen LogP) is 3.72. The van der Waals surface area contributed by atoms with E-state index in [-0.39, 0.29) is 39.7 Å². The van der Waals surface area contributed by atoms with E-state index in [2.05, 4.69) is 0 Å². The maximum absolute atomic E-state index is 13.8. The number of rotatable bonds is 6. The van der Waals surface area contributed by atoms with Crippen LogP contribution in [0.15, 0.2) is 60.6 Å². The van der Waals surface area contributed by atoms with Crippen molar-refractivity contribution in [3.05, 3.63) is 71.7 Å². The number of hydrogen-bond acceptors (Lipinski definition) is 14. The van der Waals surface area contributed by atoms with E-state index in [9.17, 15) is 29.4 Å². The molecule has 4 fully saturated rings. The SMILES string of the molecule is COc1ccc(C(=O)O[C@H]2C=COC=C3[C@@H](O)C45SSSS[C@@H](C(=O)N4[C@@H]32)N(C)C5=O)cc1Oc1cc(C=O)ccc1O. The molecule has 0 aliphatic carbocycles. The molecule has 1 unspecified atom stereocenters. The number of hydrogen-bond donors (Lipinski definition) is 2. The molecule has 5 atom stereocenters. The molecule has 2 amide bonds. The van der Waals surface area contributed by atoms with Gasteiger partial charge in [-0.25, -0.2) is 4.79 Å². The van der Waals surface area contributed by atoms with Gasteiger partial charge in [-0.05, 0) is 83.7 Å². The fourth-order valence-electron chi connectivity index (χ4n) is 5.19. The standard InChI is InChI=1S/C27H22N2O10S4/c1-28-24-23(33)29-21-15(22(32)27(29,26(28)35)41-43-42-40-24)12-37-8-7-18(21)39-25(34)14-4-6-17(36-2)20(10-14)38-19-9-13(11-30)3-5-16(19)31/h3-12,18,21-22,24,31-32H,1-2H3/t18-,21-,22+,24-,27?/m0/s1. The monoisotopic (exact) mass is 662 g/mol. The normalized spacial score (nSPS) is 27.7. The average Bonchev–Trinajstić information content (AvgIpc) is 3.10. The van der Waals surface area contributed by atoms with E-state index in [4.69, 9.17) is 18.9 Å². The number of amides is 2. The number of likely N-dealkylation sites (N-methyl/N-ethyl adjacent to an activating group) is 1. The molecule has 224 valence electrons. The van der Waals surface area contributed by atoms with Gasteiger partial charge in [-0.3, -0.25) is 14.4 Å². The van der Waals surface area contributed by atoms with Crippen molar-refractivity contribution in [2.45, 2.75) is 28.5 Å². The third-order valence-electron chi connectivity index (χ3n) is 7.25. The minimum absolute atomic E-state index is 0.0346. The molecule has 12 nitrogen and oxygen atoms in total. The van der Waals surface area contributed by atoms with Crippen molar-refractivity contribution in [2.75, 3.05) is 14.2 Å². The summed E-state index contributed by atoms with van der Waals surface area (Å²) in [5.41, 5.74) is 0.510. The minimum Gasteiger partial charge on any atom is -0.504 e. The van der Waals surface area contributed by atoms with E-state index in [1.807, 2.05) is 0 Å². The van der Waals surface area contributed by atoms with Crippen LogP contribution in [0.4, 0.5) is 0 Å². The molecular formula is C27H22N2O10S4. The molecule has 5 aliphatic heterocycles. The first-order valence-electron chi connectivity index (χ1n) is 12.5. The predicted molar refractivity (Wildman–Crippen MR) is 160 cm³/mol. The molecule has 0 radical (unpaired) electrons. The Balaban J connectivity index is 1.33. The summed E-state index contributed by atoms with van der Waals surface area (Å²) in [6.07, 6.45) is 2.02. The first-order chi connectivity index (χ1) is 20.7. The largest absolute Gasteiger partial charge is 0.504 e. The maximum atomic E-state index is 13.8. The number of phenolic OH excluding ortho intramolecular Hbond substituents is 1. The third kappa shape index (κ3) is 4.81. The second-order valence-electron chi connectivity index (χ2n) is 9.60. The number of aromatic hydroxyl groups is 1. The number of carbonyl (C=O) groups excluding carboxylic acids is 4. The topological polar surface area (TPSA) is 152 Å². The molecule has 2 bridgehead atoms. The lowest BCUT2D eigenvalue weighted by Gasteiger charge is -2.50. The number of fused-ring (bicyclic) bond motifs is 5. The molecule has 0 aromatic heterocycles. The summed E-state index contributed by atoms with van der Waals surface area (Å²) in [4.78, 5) is 53.2. The van der Waals surface area contributed by atoms with Crippen LogP contribution in [0.5, 0.6) is 23.0 Å². The molecule has 1 spiro atoms. The Morgan fingerprint density at radius 2 is 1.93 bits per heavy atom. The first-order valence-corrected chi connectivity index (χ1v) is 17.4. The van der Waals surface area contributed by atoms with Crippen molar-refractivity contribution >= 4 is 65.3 Å². The van der Waals surface area contributed by atoms with Gasteiger partial charge in [0.25, 0.3) is 11.8 Å². The quantitative estimate of drug-likeness (QED) is 0.263. The van der Waals surface area contributed by atoms with Crippen LogP contribution in [-0.2, 0) is 19.1 Å². The zero-order valence-electron chi connectivity index (χ0n) is 22.3. The zero-order valence-corrected chi connectivity index (χ0v) is 25.5. The molecule has 5 aliphatic rings. The number of piperazine rings is 1. The van der Waals surface area contributed by atoms with Crippen LogP contribution >= 0.6 is 41.2 Å². The number of phenols is 1. The summed E-state index contributed by atoms with van der Waals surface area (Å²) in [7, 11) is 7.83. The van der Waals surface area contributed by atoms with Crippen LogP contribution in [0.25, 0.3) is 0 Å². The Hall–Kier alpha value is -3.44. The highest BCUT2D eigenvalue weighted by Crippen LogP contribution is 2.62. The fourth-order valence-corrected chi connectivity index (χ4v) is 12.4. The highest BCUT2D eigenvalue weighted by molar-refractivity contribution is 9.26. The lowest BCUT2D eigenvalue weighted by molar-refractivity contribution is -0.162. The van der Waals surface area contributed by atoms with Crippen molar-refractivity contribution in [1.82, 2.24) is 9.80 Å². The van der Waals surface area contributed by atoms with Gasteiger partial charge >= 0.3 is 5.97 Å². The Kier molecular flexibility index (Phi) is 7.97. The van der Waals surface area contributed by atoms with Crippen molar-refractivity contribution in [2.24, 2.45) is 0 Å². The lowest BCUT2D eigenvalue weighted by atomic mass is 10.0. The van der Waals surface area contributed by atoms with Gasteiger partial charge in [0.05, 0.1) is 25.2 Å². The first kappa shape index (κ1) is 29.6. The van der Waals surface area contributed by atoms with Crippen LogP contribution in [0.1, 0.15) is 20.7 Å². The average molecular weight is 663 g/mol. The number of ether oxygens (including phenoxy) is 4. The fraction of sp³-hybridized carbons (Fsp3) is 0.259. The number of methoxy groups -OCH3 is 1. The van der Waals surface area contributed by atoms with Gasteiger partial charge in [0.1, 0.15) is 24.5 Å². The number of nitrogens with zero attached hydrogens (tertiary/aromatic N) is 2. The van der Waals surface area contributed by atoms with Gasteiger partial charge in [-0.1, -0.05) is 0 Å². The van der Waals surface area contributed by atoms with E-state index in [1.54, 1.807) is 0 Å². The Morgan fingerprint density at radius 3 is 2.70 bits per heavy atom. The Labute approximate surface area is 259 Å². The van der Waals surface area contributed by atoms with Crippen LogP contribution < -0.4 is 9.47 Å². The summed E-state index contributed by atoms with van der Waals surface area (Å²) in [5.74, 6) is -1.66.